The number of H-pyrrole nitrogens is 1. The van der Waals surface area contributed by atoms with E-state index in [0.717, 1.165) is 39.7 Å². The second-order valence-corrected chi connectivity index (χ2v) is 9.56. The minimum absolute atomic E-state index is 0.227. The van der Waals surface area contributed by atoms with Crippen LogP contribution in [0.1, 0.15) is 17.0 Å². The van der Waals surface area contributed by atoms with Crippen LogP contribution in [0.4, 0.5) is 5.69 Å². The van der Waals surface area contributed by atoms with Crippen molar-refractivity contribution in [2.24, 2.45) is 0 Å². The molecule has 0 amide bonds. The molecule has 0 spiro atoms. The molecule has 5 nitrogen and oxygen atoms in total. The summed E-state index contributed by atoms with van der Waals surface area (Å²) in [6.45, 7) is 2.06. The molecular formula is C22H20BrN3O2S. The van der Waals surface area contributed by atoms with E-state index >= 15 is 0 Å². The summed E-state index contributed by atoms with van der Waals surface area (Å²) in [6, 6.07) is 20.2. The van der Waals surface area contributed by atoms with Gasteiger partial charge in [-0.2, -0.15) is 0 Å². The van der Waals surface area contributed by atoms with Crippen molar-refractivity contribution in [2.75, 3.05) is 4.72 Å². The average molecular weight is 470 g/mol. The zero-order valence-corrected chi connectivity index (χ0v) is 18.2. The van der Waals surface area contributed by atoms with E-state index in [0.29, 0.717) is 5.69 Å². The Labute approximate surface area is 178 Å². The van der Waals surface area contributed by atoms with Crippen molar-refractivity contribution in [3.8, 4) is 0 Å². The maximum Gasteiger partial charge on any atom is 0.261 e. The van der Waals surface area contributed by atoms with Gasteiger partial charge in [0.15, 0.2) is 0 Å². The van der Waals surface area contributed by atoms with Crippen LogP contribution in [0.25, 0.3) is 11.0 Å². The second-order valence-electron chi connectivity index (χ2n) is 6.96. The molecule has 0 saturated carbocycles. The molecule has 2 N–H and O–H groups in total. The third-order valence-corrected chi connectivity index (χ3v) is 6.59. The lowest BCUT2D eigenvalue weighted by atomic mass is 10.1. The molecule has 0 atom stereocenters. The zero-order valence-electron chi connectivity index (χ0n) is 15.8. The molecule has 7 heteroatoms. The highest BCUT2D eigenvalue weighted by Crippen LogP contribution is 2.20. The molecule has 0 aliphatic carbocycles. The molecule has 0 bridgehead atoms. The first-order valence-corrected chi connectivity index (χ1v) is 11.5. The fraction of sp³-hybridized carbons (Fsp3) is 0.136. The van der Waals surface area contributed by atoms with E-state index < -0.39 is 10.0 Å². The molecule has 1 heterocycles. The zero-order chi connectivity index (χ0) is 20.4. The Morgan fingerprint density at radius 3 is 2.41 bits per heavy atom. The average Bonchev–Trinajstić information content (AvgIpc) is 3.09. The van der Waals surface area contributed by atoms with E-state index in [-0.39, 0.29) is 4.90 Å². The van der Waals surface area contributed by atoms with Crippen molar-refractivity contribution in [2.45, 2.75) is 24.7 Å². The Balaban J connectivity index is 1.41. The van der Waals surface area contributed by atoms with Gasteiger partial charge in [-0.05, 0) is 73.0 Å². The molecule has 4 rings (SSSR count). The third kappa shape index (κ3) is 4.68. The van der Waals surface area contributed by atoms with Gasteiger partial charge >= 0.3 is 0 Å². The summed E-state index contributed by atoms with van der Waals surface area (Å²) in [5.74, 6) is 0.950. The Kier molecular flexibility index (Phi) is 5.43. The quantitative estimate of drug-likeness (QED) is 0.406. The van der Waals surface area contributed by atoms with Gasteiger partial charge in [0.25, 0.3) is 10.0 Å². The van der Waals surface area contributed by atoms with Crippen molar-refractivity contribution in [1.29, 1.82) is 0 Å². The molecule has 0 aliphatic heterocycles. The first kappa shape index (κ1) is 19.7. The van der Waals surface area contributed by atoms with E-state index in [4.69, 9.17) is 0 Å². The minimum atomic E-state index is -3.60. The molecule has 0 aliphatic rings. The van der Waals surface area contributed by atoms with Crippen LogP contribution in [0.5, 0.6) is 0 Å². The van der Waals surface area contributed by atoms with Crippen LogP contribution in [-0.2, 0) is 22.9 Å². The number of sulfonamides is 1. The van der Waals surface area contributed by atoms with Crippen LogP contribution in [0.3, 0.4) is 0 Å². The number of hydrogen-bond acceptors (Lipinski definition) is 3. The molecule has 0 saturated heterocycles. The Hall–Kier alpha value is -2.64. The molecule has 3 aromatic carbocycles. The molecule has 0 fully saturated rings. The highest BCUT2D eigenvalue weighted by atomic mass is 79.9. The number of nitrogens with one attached hydrogen (secondary N) is 2. The standard InChI is InChI=1S/C22H20BrN3O2S/c1-15-2-12-20-21(14-15)25-22(24-20)13-5-16-3-8-18(9-4-16)26-29(27,28)19-10-6-17(23)7-11-19/h2-4,6-12,14,26H,5,13H2,1H3,(H,24,25). The fourth-order valence-corrected chi connectivity index (χ4v) is 4.45. The first-order valence-electron chi connectivity index (χ1n) is 9.22. The summed E-state index contributed by atoms with van der Waals surface area (Å²) in [5.41, 5.74) is 4.89. The smallest absolute Gasteiger partial charge is 0.261 e. The van der Waals surface area contributed by atoms with Gasteiger partial charge in [-0.15, -0.1) is 0 Å². The highest BCUT2D eigenvalue weighted by Gasteiger charge is 2.13. The summed E-state index contributed by atoms with van der Waals surface area (Å²) in [6.07, 6.45) is 1.61. The van der Waals surface area contributed by atoms with Gasteiger partial charge in [0.1, 0.15) is 5.82 Å². The molecule has 4 aromatic rings. The third-order valence-electron chi connectivity index (χ3n) is 4.67. The number of anilines is 1. The topological polar surface area (TPSA) is 74.8 Å². The predicted molar refractivity (Wildman–Crippen MR) is 120 cm³/mol. The highest BCUT2D eigenvalue weighted by molar-refractivity contribution is 9.10. The number of aromatic amines is 1. The lowest BCUT2D eigenvalue weighted by Crippen LogP contribution is -2.12. The van der Waals surface area contributed by atoms with Gasteiger partial charge in [0, 0.05) is 16.6 Å². The summed E-state index contributed by atoms with van der Waals surface area (Å²) in [4.78, 5) is 8.22. The monoisotopic (exact) mass is 469 g/mol. The summed E-state index contributed by atoms with van der Waals surface area (Å²) in [5, 5.41) is 0. The molecule has 0 unspecified atom stereocenters. The maximum absolute atomic E-state index is 12.5. The van der Waals surface area contributed by atoms with Crippen molar-refractivity contribution in [3.05, 3.63) is 88.2 Å². The van der Waals surface area contributed by atoms with Crippen LogP contribution in [0, 0.1) is 6.92 Å². The Morgan fingerprint density at radius 1 is 0.966 bits per heavy atom. The molecule has 29 heavy (non-hydrogen) atoms. The number of hydrogen-bond donors (Lipinski definition) is 2. The fourth-order valence-electron chi connectivity index (χ4n) is 3.12. The van der Waals surface area contributed by atoms with Gasteiger partial charge < -0.3 is 4.98 Å². The lowest BCUT2D eigenvalue weighted by molar-refractivity contribution is 0.601. The van der Waals surface area contributed by atoms with Gasteiger partial charge in [0.2, 0.25) is 0 Å². The van der Waals surface area contributed by atoms with Crippen LogP contribution in [0.15, 0.2) is 76.1 Å². The van der Waals surface area contributed by atoms with Gasteiger partial charge in [-0.25, -0.2) is 13.4 Å². The Bertz CT molecular complexity index is 1250. The first-order chi connectivity index (χ1) is 13.9. The van der Waals surface area contributed by atoms with Crippen molar-refractivity contribution < 1.29 is 8.42 Å². The maximum atomic E-state index is 12.5. The SMILES string of the molecule is Cc1ccc2nc(CCc3ccc(NS(=O)(=O)c4ccc(Br)cc4)cc3)[nH]c2c1. The number of halogens is 1. The van der Waals surface area contributed by atoms with Crippen molar-refractivity contribution >= 4 is 42.7 Å². The van der Waals surface area contributed by atoms with Crippen LogP contribution in [-0.4, -0.2) is 18.4 Å². The van der Waals surface area contributed by atoms with E-state index in [1.54, 1.807) is 36.4 Å². The molecule has 0 radical (unpaired) electrons. The minimum Gasteiger partial charge on any atom is -0.342 e. The van der Waals surface area contributed by atoms with E-state index in [9.17, 15) is 8.42 Å². The van der Waals surface area contributed by atoms with Gasteiger partial charge in [-0.1, -0.05) is 34.1 Å². The number of rotatable bonds is 6. The second kappa shape index (κ2) is 8.00. The van der Waals surface area contributed by atoms with E-state index in [1.807, 2.05) is 18.2 Å². The lowest BCUT2D eigenvalue weighted by Gasteiger charge is -2.09. The number of fused-ring (bicyclic) bond motifs is 1. The summed E-state index contributed by atoms with van der Waals surface area (Å²) >= 11 is 3.31. The molecule has 1 aromatic heterocycles. The molecular weight excluding hydrogens is 450 g/mol. The van der Waals surface area contributed by atoms with Crippen molar-refractivity contribution in [1.82, 2.24) is 9.97 Å². The predicted octanol–water partition coefficient (Wildman–Crippen LogP) is 5.22. The van der Waals surface area contributed by atoms with E-state index in [1.165, 1.54) is 5.56 Å². The number of imidazole rings is 1. The van der Waals surface area contributed by atoms with Crippen molar-refractivity contribution in [3.63, 3.8) is 0 Å². The number of benzene rings is 3. The van der Waals surface area contributed by atoms with Crippen LogP contribution in [0.2, 0.25) is 0 Å². The molecule has 148 valence electrons. The van der Waals surface area contributed by atoms with Crippen LogP contribution >= 0.6 is 15.9 Å². The van der Waals surface area contributed by atoms with Gasteiger partial charge in [-0.3, -0.25) is 4.72 Å². The Morgan fingerprint density at radius 2 is 1.69 bits per heavy atom. The summed E-state index contributed by atoms with van der Waals surface area (Å²) in [7, 11) is -3.60. The van der Waals surface area contributed by atoms with Gasteiger partial charge in [0.05, 0.1) is 15.9 Å². The number of aromatic nitrogens is 2. The van der Waals surface area contributed by atoms with Crippen LogP contribution < -0.4 is 4.72 Å². The summed E-state index contributed by atoms with van der Waals surface area (Å²) < 4.78 is 28.4. The van der Waals surface area contributed by atoms with E-state index in [2.05, 4.69) is 49.7 Å². The normalized spacial score (nSPS) is 11.7. The number of aryl methyl sites for hydroxylation is 3. The number of nitrogens with zero attached hydrogens (tertiary/aromatic N) is 1. The largest absolute Gasteiger partial charge is 0.342 e.